The fraction of sp³-hybridized carbons (Fsp3) is 0.0588. The first-order valence-corrected chi connectivity index (χ1v) is 7.43. The molecular formula is C17H13ClFN3O. The van der Waals surface area contributed by atoms with Crippen LogP contribution in [0.2, 0.25) is 5.02 Å². The summed E-state index contributed by atoms with van der Waals surface area (Å²) in [5, 5.41) is 13.9. The normalized spacial score (nSPS) is 16.0. The third-order valence-electron chi connectivity index (χ3n) is 3.95. The van der Waals surface area contributed by atoms with Gasteiger partial charge in [0.15, 0.2) is 0 Å². The second-order valence-corrected chi connectivity index (χ2v) is 5.85. The summed E-state index contributed by atoms with van der Waals surface area (Å²) in [6.45, 7) is 0. The van der Waals surface area contributed by atoms with Gasteiger partial charge in [0.25, 0.3) is 0 Å². The van der Waals surface area contributed by atoms with Crippen LogP contribution in [0.25, 0.3) is 11.9 Å². The number of aliphatic hydroxyl groups is 1. The average Bonchev–Trinajstić information content (AvgIpc) is 2.86. The number of benzene rings is 2. The number of nitrogens with zero attached hydrogens (tertiary/aromatic N) is 2. The Bertz CT molecular complexity index is 953. The van der Waals surface area contributed by atoms with Crippen molar-refractivity contribution in [3.05, 3.63) is 75.3 Å². The van der Waals surface area contributed by atoms with Gasteiger partial charge in [0.1, 0.15) is 11.5 Å². The number of fused-ring (bicyclic) bond motifs is 2. The lowest BCUT2D eigenvalue weighted by molar-refractivity contribution is 0.376. The summed E-state index contributed by atoms with van der Waals surface area (Å²) in [5.74, 6) is -0.326. The van der Waals surface area contributed by atoms with Crippen molar-refractivity contribution in [2.45, 2.75) is 0 Å². The summed E-state index contributed by atoms with van der Waals surface area (Å²) < 4.78 is 14.3. The predicted octanol–water partition coefficient (Wildman–Crippen LogP) is 2.02. The molecule has 0 amide bonds. The molecule has 0 atom stereocenters. The van der Waals surface area contributed by atoms with Crippen LogP contribution in [0.4, 0.5) is 10.1 Å². The lowest BCUT2D eigenvalue weighted by atomic mass is 10.1. The van der Waals surface area contributed by atoms with Crippen LogP contribution >= 0.6 is 11.6 Å². The van der Waals surface area contributed by atoms with Crippen LogP contribution in [-0.2, 0) is 0 Å². The van der Waals surface area contributed by atoms with Crippen LogP contribution in [0, 0.1) is 5.82 Å². The van der Waals surface area contributed by atoms with Crippen molar-refractivity contribution in [2.24, 2.45) is 0 Å². The van der Waals surface area contributed by atoms with E-state index < -0.39 is 0 Å². The standard InChI is InChI=1S/C17H13ClFN3O/c1-21-9-10-3-2-4-13(19)14(10)15-16(21)17(23)22(20-15)12-7-5-11(18)6-8-12/h2-9,20,23H,1H3. The van der Waals surface area contributed by atoms with Crippen molar-refractivity contribution >= 4 is 29.2 Å². The van der Waals surface area contributed by atoms with Crippen molar-refractivity contribution in [3.63, 3.8) is 0 Å². The Labute approximate surface area is 137 Å². The van der Waals surface area contributed by atoms with E-state index >= 15 is 0 Å². The summed E-state index contributed by atoms with van der Waals surface area (Å²) in [6.07, 6.45) is 1.79. The monoisotopic (exact) mass is 329 g/mol. The van der Waals surface area contributed by atoms with Crippen LogP contribution in [0.1, 0.15) is 0 Å². The van der Waals surface area contributed by atoms with Gasteiger partial charge in [0.2, 0.25) is 5.88 Å². The third kappa shape index (κ3) is 2.04. The molecule has 6 heteroatoms. The topological polar surface area (TPSA) is 38.7 Å². The Hall–Kier alpha value is -2.66. The van der Waals surface area contributed by atoms with E-state index in [-0.39, 0.29) is 11.7 Å². The van der Waals surface area contributed by atoms with E-state index in [0.29, 0.717) is 27.3 Å². The van der Waals surface area contributed by atoms with Crippen LogP contribution in [-0.4, -0.2) is 17.1 Å². The van der Waals surface area contributed by atoms with Gasteiger partial charge in [-0.3, -0.25) is 5.43 Å². The smallest absolute Gasteiger partial charge is 0.237 e. The van der Waals surface area contributed by atoms with Gasteiger partial charge in [-0.2, -0.15) is 0 Å². The van der Waals surface area contributed by atoms with Crippen molar-refractivity contribution in [1.29, 1.82) is 0 Å². The van der Waals surface area contributed by atoms with Crippen molar-refractivity contribution in [2.75, 3.05) is 12.1 Å². The molecule has 0 radical (unpaired) electrons. The quantitative estimate of drug-likeness (QED) is 0.839. The highest BCUT2D eigenvalue weighted by atomic mass is 35.5. The number of likely N-dealkylation sites (N-methyl/N-ethyl adjacent to an activating group) is 1. The molecule has 0 aromatic heterocycles. The molecule has 0 unspecified atom stereocenters. The minimum atomic E-state index is -0.336. The molecule has 0 saturated carbocycles. The number of halogens is 2. The lowest BCUT2D eigenvalue weighted by Crippen LogP contribution is -2.42. The number of hydrogen-bond donors (Lipinski definition) is 2. The maximum atomic E-state index is 14.3. The molecule has 23 heavy (non-hydrogen) atoms. The Balaban J connectivity index is 1.94. The second-order valence-electron chi connectivity index (χ2n) is 5.41. The molecule has 0 aliphatic carbocycles. The first kappa shape index (κ1) is 14.0. The van der Waals surface area contributed by atoms with E-state index in [9.17, 15) is 9.50 Å². The van der Waals surface area contributed by atoms with E-state index in [1.54, 1.807) is 41.4 Å². The fourth-order valence-corrected chi connectivity index (χ4v) is 3.03. The van der Waals surface area contributed by atoms with E-state index in [1.807, 2.05) is 13.1 Å². The molecular weight excluding hydrogens is 317 g/mol. The Morgan fingerprint density at radius 1 is 1.13 bits per heavy atom. The lowest BCUT2D eigenvalue weighted by Gasteiger charge is -2.20. The largest absolute Gasteiger partial charge is 0.492 e. The maximum Gasteiger partial charge on any atom is 0.237 e. The first-order chi connectivity index (χ1) is 11.1. The maximum absolute atomic E-state index is 14.3. The molecule has 0 fully saturated rings. The second kappa shape index (κ2) is 4.93. The molecule has 0 bridgehead atoms. The minimum absolute atomic E-state index is 0.00924. The Morgan fingerprint density at radius 3 is 2.61 bits per heavy atom. The van der Waals surface area contributed by atoms with Gasteiger partial charge in [-0.15, -0.1) is 0 Å². The minimum Gasteiger partial charge on any atom is -0.492 e. The van der Waals surface area contributed by atoms with Gasteiger partial charge in [0, 0.05) is 28.7 Å². The summed E-state index contributed by atoms with van der Waals surface area (Å²) in [6, 6.07) is 11.9. The number of anilines is 1. The highest BCUT2D eigenvalue weighted by molar-refractivity contribution is 6.30. The SMILES string of the molecule is CN1C=c2cccc(F)c2=C2NN(c3ccc(Cl)cc3)C(O)=C21. The number of hydrazine groups is 1. The third-order valence-corrected chi connectivity index (χ3v) is 4.20. The van der Waals surface area contributed by atoms with Gasteiger partial charge < -0.3 is 10.0 Å². The van der Waals surface area contributed by atoms with E-state index in [1.165, 1.54) is 11.1 Å². The summed E-state index contributed by atoms with van der Waals surface area (Å²) >= 11 is 5.91. The van der Waals surface area contributed by atoms with Crippen LogP contribution in [0.5, 0.6) is 0 Å². The van der Waals surface area contributed by atoms with Gasteiger partial charge in [-0.05, 0) is 30.3 Å². The molecule has 2 aromatic rings. The Morgan fingerprint density at radius 2 is 1.87 bits per heavy atom. The van der Waals surface area contributed by atoms with Gasteiger partial charge >= 0.3 is 0 Å². The zero-order chi connectivity index (χ0) is 16.1. The number of nitrogens with one attached hydrogen (secondary N) is 1. The van der Waals surface area contributed by atoms with E-state index in [2.05, 4.69) is 5.43 Å². The molecule has 2 aliphatic rings. The molecule has 0 saturated heterocycles. The van der Waals surface area contributed by atoms with E-state index in [4.69, 9.17) is 11.6 Å². The fourth-order valence-electron chi connectivity index (χ4n) is 2.91. The molecule has 0 spiro atoms. The number of aliphatic hydroxyl groups excluding tert-OH is 1. The van der Waals surface area contributed by atoms with Gasteiger partial charge in [-0.1, -0.05) is 23.7 Å². The number of rotatable bonds is 1. The zero-order valence-corrected chi connectivity index (χ0v) is 13.0. The first-order valence-electron chi connectivity index (χ1n) is 7.06. The molecule has 4 nitrogen and oxygen atoms in total. The molecule has 2 aromatic carbocycles. The van der Waals surface area contributed by atoms with Crippen LogP contribution < -0.4 is 20.9 Å². The Kier molecular flexibility index (Phi) is 2.99. The van der Waals surface area contributed by atoms with Gasteiger partial charge in [-0.25, -0.2) is 9.40 Å². The zero-order valence-electron chi connectivity index (χ0n) is 12.2. The van der Waals surface area contributed by atoms with Crippen molar-refractivity contribution in [3.8, 4) is 0 Å². The molecule has 2 heterocycles. The van der Waals surface area contributed by atoms with Gasteiger partial charge in [0.05, 0.1) is 11.4 Å². The van der Waals surface area contributed by atoms with Crippen molar-refractivity contribution < 1.29 is 9.50 Å². The van der Waals surface area contributed by atoms with Crippen LogP contribution in [0.15, 0.2) is 54.0 Å². The predicted molar refractivity (Wildman–Crippen MR) is 88.0 cm³/mol. The molecule has 2 aliphatic heterocycles. The average molecular weight is 330 g/mol. The number of hydrogen-bond acceptors (Lipinski definition) is 4. The van der Waals surface area contributed by atoms with Crippen LogP contribution in [0.3, 0.4) is 0 Å². The molecule has 116 valence electrons. The van der Waals surface area contributed by atoms with Crippen molar-refractivity contribution in [1.82, 2.24) is 10.3 Å². The molecule has 4 rings (SSSR count). The summed E-state index contributed by atoms with van der Waals surface area (Å²) in [4.78, 5) is 1.77. The summed E-state index contributed by atoms with van der Waals surface area (Å²) in [7, 11) is 1.81. The van der Waals surface area contributed by atoms with E-state index in [0.717, 1.165) is 5.22 Å². The summed E-state index contributed by atoms with van der Waals surface area (Å²) in [5.41, 5.74) is 4.85. The highest BCUT2D eigenvalue weighted by Gasteiger charge is 2.32. The molecule has 2 N–H and O–H groups in total. The highest BCUT2D eigenvalue weighted by Crippen LogP contribution is 2.30.